The first-order chi connectivity index (χ1) is 29.3. The van der Waals surface area contributed by atoms with Crippen LogP contribution in [0.3, 0.4) is 0 Å². The molecule has 0 spiro atoms. The number of aromatic nitrogens is 4. The second kappa shape index (κ2) is 22.9. The third kappa shape index (κ3) is 15.0. The van der Waals surface area contributed by atoms with Crippen LogP contribution in [-0.2, 0) is 20.0 Å². The second-order valence-electron chi connectivity index (χ2n) is 16.1. The van der Waals surface area contributed by atoms with Gasteiger partial charge in [-0.25, -0.2) is 54.2 Å². The van der Waals surface area contributed by atoms with E-state index in [4.69, 9.17) is 0 Å². The molecule has 0 saturated heterocycles. The Morgan fingerprint density at radius 3 is 1.44 bits per heavy atom. The third-order valence-electron chi connectivity index (χ3n) is 10.1. The topological polar surface area (TPSA) is 227 Å². The quantitative estimate of drug-likeness (QED) is 0.0719. The number of aliphatic hydroxyl groups is 5. The van der Waals surface area contributed by atoms with Gasteiger partial charge in [-0.05, 0) is 79.6 Å². The van der Waals surface area contributed by atoms with Crippen LogP contribution in [0, 0.1) is 11.6 Å². The van der Waals surface area contributed by atoms with Crippen LogP contribution < -0.4 is 8.61 Å². The molecular formula is C44H62F2N6O9S2. The first-order valence-corrected chi connectivity index (χ1v) is 24.3. The van der Waals surface area contributed by atoms with Crippen molar-refractivity contribution in [2.24, 2.45) is 0 Å². The monoisotopic (exact) mass is 920 g/mol. The van der Waals surface area contributed by atoms with Gasteiger partial charge in [-0.2, -0.15) is 0 Å². The maximum Gasteiger partial charge on any atom is 0.239 e. The highest BCUT2D eigenvalue weighted by molar-refractivity contribution is 7.92. The highest BCUT2D eigenvalue weighted by Gasteiger charge is 2.29. The first kappa shape index (κ1) is 52.8. The minimum atomic E-state index is -3.65. The van der Waals surface area contributed by atoms with Crippen LogP contribution >= 0.6 is 0 Å². The van der Waals surface area contributed by atoms with Gasteiger partial charge in [-0.1, -0.05) is 53.7 Å². The van der Waals surface area contributed by atoms with Crippen LogP contribution in [0.4, 0.5) is 20.7 Å². The molecule has 5 atom stereocenters. The number of hydrogen-bond acceptors (Lipinski definition) is 13. The lowest BCUT2D eigenvalue weighted by atomic mass is 9.91. The molecule has 0 aliphatic carbocycles. The van der Waals surface area contributed by atoms with Crippen LogP contribution in [0.5, 0.6) is 0 Å². The molecule has 2 heterocycles. The van der Waals surface area contributed by atoms with E-state index in [9.17, 15) is 51.1 Å². The van der Waals surface area contributed by atoms with Gasteiger partial charge in [0.15, 0.2) is 0 Å². The van der Waals surface area contributed by atoms with Crippen molar-refractivity contribution in [1.29, 1.82) is 0 Å². The van der Waals surface area contributed by atoms with E-state index >= 15 is 0 Å². The van der Waals surface area contributed by atoms with Crippen molar-refractivity contribution in [3.8, 4) is 22.5 Å². The molecule has 2 aromatic carbocycles. The number of rotatable bonds is 19. The van der Waals surface area contributed by atoms with Gasteiger partial charge >= 0.3 is 0 Å². The summed E-state index contributed by atoms with van der Waals surface area (Å²) in [7, 11) is -4.55. The minimum absolute atomic E-state index is 0.00429. The molecule has 0 bridgehead atoms. The van der Waals surface area contributed by atoms with Crippen molar-refractivity contribution in [2.75, 3.05) is 35.2 Å². The molecule has 0 aliphatic rings. The summed E-state index contributed by atoms with van der Waals surface area (Å²) in [4.78, 5) is 17.8. The molecule has 2 aromatic heterocycles. The normalized spacial score (nSPS) is 14.6. The average Bonchev–Trinajstić information content (AvgIpc) is 3.21. The molecule has 19 heteroatoms. The summed E-state index contributed by atoms with van der Waals surface area (Å²) in [5.74, 6) is -1.24. The molecule has 0 amide bonds. The van der Waals surface area contributed by atoms with E-state index in [-0.39, 0.29) is 48.7 Å². The van der Waals surface area contributed by atoms with Gasteiger partial charge in [-0.3, -0.25) is 0 Å². The van der Waals surface area contributed by atoms with Crippen molar-refractivity contribution in [3.63, 3.8) is 0 Å². The van der Waals surface area contributed by atoms with Crippen molar-refractivity contribution >= 4 is 38.0 Å². The van der Waals surface area contributed by atoms with Crippen molar-refractivity contribution in [2.45, 2.75) is 116 Å². The number of sulfonamides is 2. The lowest BCUT2D eigenvalue weighted by Gasteiger charge is -2.25. The molecule has 4 rings (SSSR count). The average molecular weight is 921 g/mol. The molecule has 0 radical (unpaired) electrons. The Bertz CT molecular complexity index is 2370. The Labute approximate surface area is 370 Å². The molecule has 4 aromatic rings. The summed E-state index contributed by atoms with van der Waals surface area (Å²) in [6.07, 6.45) is 2.17. The molecule has 63 heavy (non-hydrogen) atoms. The van der Waals surface area contributed by atoms with Gasteiger partial charge in [0.2, 0.25) is 31.9 Å². The predicted octanol–water partition coefficient (Wildman–Crippen LogP) is 6.08. The zero-order valence-corrected chi connectivity index (χ0v) is 39.1. The van der Waals surface area contributed by atoms with Crippen molar-refractivity contribution < 1.29 is 51.1 Å². The molecule has 0 saturated carbocycles. The molecule has 1 unspecified atom stereocenters. The Morgan fingerprint density at radius 1 is 0.603 bits per heavy atom. The number of halogens is 2. The third-order valence-corrected chi connectivity index (χ3v) is 12.4. The van der Waals surface area contributed by atoms with E-state index in [1.807, 2.05) is 34.6 Å². The van der Waals surface area contributed by atoms with Crippen molar-refractivity contribution in [3.05, 3.63) is 88.8 Å². The standard InChI is InChI=1S/C22H32FN3O5S.C22H30FN3O4S/c1-6-16(27)11-17(28)12-18(29)19-20(13(2)3)24-22(26(4)32(5,30)31)25-21(19)14-7-9-15(23)10-8-14;1-6-17(27)13-18(28)11-12-19-20(14(2)3)24-22(26(4)31(5,29)30)25-21(19)15-7-9-16(23)10-8-15/h7-10,13,16-18,27-29H,6,11-12H2,1-5H3;7-12,14,17-18,27-28H,6,13H2,1-5H3/b;12-11+/t16-,17-,18?;17-,18+/m00/s1. The number of benzene rings is 2. The largest absolute Gasteiger partial charge is 0.393 e. The van der Waals surface area contributed by atoms with Gasteiger partial charge in [0.05, 0.1) is 65.8 Å². The molecular weight excluding hydrogens is 859 g/mol. The highest BCUT2D eigenvalue weighted by atomic mass is 32.2. The van der Waals surface area contributed by atoms with Gasteiger partial charge in [0.25, 0.3) is 0 Å². The smallest absolute Gasteiger partial charge is 0.239 e. The summed E-state index contributed by atoms with van der Waals surface area (Å²) >= 11 is 0. The van der Waals surface area contributed by atoms with Gasteiger partial charge < -0.3 is 25.5 Å². The van der Waals surface area contributed by atoms with Crippen LogP contribution in [-0.4, -0.2) is 113 Å². The van der Waals surface area contributed by atoms with E-state index in [2.05, 4.69) is 19.9 Å². The van der Waals surface area contributed by atoms with Crippen LogP contribution in [0.15, 0.2) is 54.6 Å². The highest BCUT2D eigenvalue weighted by Crippen LogP contribution is 2.37. The van der Waals surface area contributed by atoms with E-state index in [0.29, 0.717) is 52.2 Å². The Kier molecular flexibility index (Phi) is 19.2. The Balaban J connectivity index is 0.000000335. The zero-order valence-electron chi connectivity index (χ0n) is 37.5. The fourth-order valence-corrected chi connectivity index (χ4v) is 7.00. The molecule has 0 aliphatic heterocycles. The summed E-state index contributed by atoms with van der Waals surface area (Å²) in [5.41, 5.74) is 3.65. The second-order valence-corrected chi connectivity index (χ2v) is 20.1. The van der Waals surface area contributed by atoms with E-state index in [1.54, 1.807) is 31.2 Å². The maximum absolute atomic E-state index is 13.5. The fraction of sp³-hybridized carbons (Fsp3) is 0.500. The van der Waals surface area contributed by atoms with Gasteiger partial charge in [0, 0.05) is 49.2 Å². The Hall–Kier alpha value is -4.50. The van der Waals surface area contributed by atoms with Crippen LogP contribution in [0.1, 0.15) is 114 Å². The van der Waals surface area contributed by atoms with Crippen LogP contribution in [0.2, 0.25) is 0 Å². The van der Waals surface area contributed by atoms with E-state index in [1.165, 1.54) is 50.5 Å². The minimum Gasteiger partial charge on any atom is -0.393 e. The van der Waals surface area contributed by atoms with Gasteiger partial charge in [0.1, 0.15) is 11.6 Å². The molecule has 0 fully saturated rings. The van der Waals surface area contributed by atoms with E-state index < -0.39 is 62.2 Å². The fourth-order valence-electron chi connectivity index (χ4n) is 6.24. The predicted molar refractivity (Wildman–Crippen MR) is 242 cm³/mol. The van der Waals surface area contributed by atoms with Crippen molar-refractivity contribution in [1.82, 2.24) is 19.9 Å². The summed E-state index contributed by atoms with van der Waals surface area (Å²) in [6, 6.07) is 11.2. The number of anilines is 2. The maximum atomic E-state index is 13.5. The number of aliphatic hydroxyl groups excluding tert-OH is 5. The lowest BCUT2D eigenvalue weighted by Crippen LogP contribution is -2.28. The molecule has 15 nitrogen and oxygen atoms in total. The van der Waals surface area contributed by atoms with Crippen LogP contribution in [0.25, 0.3) is 28.6 Å². The zero-order chi connectivity index (χ0) is 47.6. The summed E-state index contributed by atoms with van der Waals surface area (Å²) < 4.78 is 77.3. The number of nitrogens with zero attached hydrogens (tertiary/aromatic N) is 6. The molecule has 348 valence electrons. The van der Waals surface area contributed by atoms with Gasteiger partial charge in [-0.15, -0.1) is 0 Å². The van der Waals surface area contributed by atoms with E-state index in [0.717, 1.165) is 21.1 Å². The molecule has 5 N–H and O–H groups in total. The summed E-state index contributed by atoms with van der Waals surface area (Å²) in [5, 5.41) is 51.3. The summed E-state index contributed by atoms with van der Waals surface area (Å²) in [6.45, 7) is 11.1. The number of hydrogen-bond donors (Lipinski definition) is 5. The lowest BCUT2D eigenvalue weighted by molar-refractivity contribution is 0.0380. The SMILES string of the molecule is CC[C@H](O)C[C@H](O)/C=C/c1c(-c2ccc(F)cc2)nc(N(C)S(C)(=O)=O)nc1C(C)C.CC[C@H](O)C[C@H](O)CC(O)c1c(-c2ccc(F)cc2)nc(N(C)S(C)(=O)=O)nc1C(C)C. The first-order valence-electron chi connectivity index (χ1n) is 20.6. The Morgan fingerprint density at radius 2 is 1.02 bits per heavy atom.